The summed E-state index contributed by atoms with van der Waals surface area (Å²) in [5, 5.41) is 0. The minimum atomic E-state index is -0.113. The fraction of sp³-hybridized carbons (Fsp3) is 0.0625. The van der Waals surface area contributed by atoms with Crippen LogP contribution in [0, 0.1) is 6.54 Å². The summed E-state index contributed by atoms with van der Waals surface area (Å²) in [6, 6.07) is 17.7. The normalized spacial score (nSPS) is 14.7. The molecule has 0 spiro atoms. The van der Waals surface area contributed by atoms with Gasteiger partial charge in [0.1, 0.15) is 0 Å². The van der Waals surface area contributed by atoms with Crippen LogP contribution in [0.4, 0.5) is 5.69 Å². The molecule has 0 fully saturated rings. The molecule has 1 heterocycles. The van der Waals surface area contributed by atoms with Gasteiger partial charge in [-0.05, 0) is 6.07 Å². The van der Waals surface area contributed by atoms with Crippen molar-refractivity contribution in [3.63, 3.8) is 0 Å². The molecule has 3 heteroatoms. The summed E-state index contributed by atoms with van der Waals surface area (Å²) in [7, 11) is 1.76. The molecule has 0 saturated heterocycles. The van der Waals surface area contributed by atoms with Gasteiger partial charge >= 0.3 is 0 Å². The summed E-state index contributed by atoms with van der Waals surface area (Å²) >= 11 is 0. The lowest BCUT2D eigenvalue weighted by molar-refractivity contribution is -0.115. The SMILES string of the molecule is CN1C(=O)[CH]N=C(c2ccccc2)c2ccccc21. The monoisotopic (exact) mass is 249 g/mol. The Balaban J connectivity index is 2.20. The fourth-order valence-electron chi connectivity index (χ4n) is 2.19. The number of amides is 1. The predicted octanol–water partition coefficient (Wildman–Crippen LogP) is 2.66. The van der Waals surface area contributed by atoms with Gasteiger partial charge in [0.15, 0.2) is 6.54 Å². The average Bonchev–Trinajstić information content (AvgIpc) is 2.59. The number of benzodiazepines with no additional fused rings is 1. The minimum Gasteiger partial charge on any atom is -0.313 e. The van der Waals surface area contributed by atoms with Crippen LogP contribution in [0.5, 0.6) is 0 Å². The second-order valence-electron chi connectivity index (χ2n) is 4.39. The highest BCUT2D eigenvalue weighted by Gasteiger charge is 2.21. The number of likely N-dealkylation sites (N-methyl/N-ethyl adjacent to an activating group) is 1. The van der Waals surface area contributed by atoms with Crippen molar-refractivity contribution in [3.05, 3.63) is 72.3 Å². The molecule has 1 aliphatic heterocycles. The highest BCUT2D eigenvalue weighted by molar-refractivity contribution is 6.20. The molecular weight excluding hydrogens is 236 g/mol. The van der Waals surface area contributed by atoms with Crippen molar-refractivity contribution < 1.29 is 4.79 Å². The van der Waals surface area contributed by atoms with E-state index in [1.54, 1.807) is 11.9 Å². The molecule has 0 aromatic heterocycles. The van der Waals surface area contributed by atoms with E-state index in [9.17, 15) is 4.79 Å². The van der Waals surface area contributed by atoms with E-state index in [0.29, 0.717) is 0 Å². The Hall–Kier alpha value is -2.42. The Morgan fingerprint density at radius 2 is 1.63 bits per heavy atom. The molecule has 0 aliphatic carbocycles. The number of nitrogens with zero attached hydrogens (tertiary/aromatic N) is 2. The molecule has 0 unspecified atom stereocenters. The summed E-state index contributed by atoms with van der Waals surface area (Å²) in [6.45, 7) is 1.38. The first-order chi connectivity index (χ1) is 9.27. The lowest BCUT2D eigenvalue weighted by Gasteiger charge is -2.17. The first kappa shape index (κ1) is 11.7. The average molecular weight is 249 g/mol. The van der Waals surface area contributed by atoms with Gasteiger partial charge in [-0.2, -0.15) is 0 Å². The molecular formula is C16H13N2O. The molecule has 0 atom stereocenters. The summed E-state index contributed by atoms with van der Waals surface area (Å²) in [4.78, 5) is 17.9. The number of fused-ring (bicyclic) bond motifs is 1. The number of carbonyl (C=O) groups excluding carboxylic acids is 1. The molecule has 0 N–H and O–H groups in total. The van der Waals surface area contributed by atoms with Crippen molar-refractivity contribution in [1.29, 1.82) is 0 Å². The van der Waals surface area contributed by atoms with E-state index < -0.39 is 0 Å². The third-order valence-corrected chi connectivity index (χ3v) is 3.20. The Morgan fingerprint density at radius 3 is 2.42 bits per heavy atom. The molecule has 2 aromatic rings. The third-order valence-electron chi connectivity index (χ3n) is 3.20. The van der Waals surface area contributed by atoms with Gasteiger partial charge in [-0.15, -0.1) is 0 Å². The van der Waals surface area contributed by atoms with Crippen LogP contribution in [0.15, 0.2) is 59.6 Å². The van der Waals surface area contributed by atoms with Crippen molar-refractivity contribution in [2.75, 3.05) is 11.9 Å². The van der Waals surface area contributed by atoms with Crippen molar-refractivity contribution in [2.24, 2.45) is 4.99 Å². The number of rotatable bonds is 1. The van der Waals surface area contributed by atoms with Crippen LogP contribution in [0.25, 0.3) is 0 Å². The lowest BCUT2D eigenvalue weighted by atomic mass is 10.0. The Kier molecular flexibility index (Phi) is 2.88. The van der Waals surface area contributed by atoms with Crippen LogP contribution in [0.3, 0.4) is 0 Å². The van der Waals surface area contributed by atoms with E-state index in [4.69, 9.17) is 0 Å². The van der Waals surface area contributed by atoms with Gasteiger partial charge in [-0.3, -0.25) is 9.79 Å². The highest BCUT2D eigenvalue weighted by atomic mass is 16.2. The number of para-hydroxylation sites is 1. The number of anilines is 1. The fourth-order valence-corrected chi connectivity index (χ4v) is 2.19. The summed E-state index contributed by atoms with van der Waals surface area (Å²) in [5.74, 6) is -0.113. The maximum absolute atomic E-state index is 11.9. The predicted molar refractivity (Wildman–Crippen MR) is 76.2 cm³/mol. The van der Waals surface area contributed by atoms with Crippen molar-refractivity contribution >= 4 is 17.3 Å². The second kappa shape index (κ2) is 4.69. The Morgan fingerprint density at radius 1 is 0.947 bits per heavy atom. The first-order valence-electron chi connectivity index (χ1n) is 6.11. The zero-order valence-electron chi connectivity index (χ0n) is 10.6. The van der Waals surface area contributed by atoms with Crippen molar-refractivity contribution in [1.82, 2.24) is 0 Å². The van der Waals surface area contributed by atoms with Crippen LogP contribution in [-0.2, 0) is 4.79 Å². The maximum atomic E-state index is 11.9. The molecule has 1 radical (unpaired) electrons. The largest absolute Gasteiger partial charge is 0.313 e. The van der Waals surface area contributed by atoms with Crippen molar-refractivity contribution in [3.8, 4) is 0 Å². The molecule has 19 heavy (non-hydrogen) atoms. The minimum absolute atomic E-state index is 0.113. The first-order valence-corrected chi connectivity index (χ1v) is 6.11. The smallest absolute Gasteiger partial charge is 0.254 e. The topological polar surface area (TPSA) is 32.7 Å². The summed E-state index contributed by atoms with van der Waals surface area (Å²) in [6.07, 6.45) is 0. The molecule has 3 rings (SSSR count). The van der Waals surface area contributed by atoms with Crippen LogP contribution < -0.4 is 4.90 Å². The van der Waals surface area contributed by atoms with Gasteiger partial charge in [0.2, 0.25) is 0 Å². The molecule has 0 bridgehead atoms. The Bertz CT molecular complexity index is 647. The quantitative estimate of drug-likeness (QED) is 0.764. The number of hydrogen-bond donors (Lipinski definition) is 0. The van der Waals surface area contributed by atoms with Crippen LogP contribution in [0.1, 0.15) is 11.1 Å². The van der Waals surface area contributed by atoms with Gasteiger partial charge in [-0.25, -0.2) is 0 Å². The van der Waals surface area contributed by atoms with Crippen LogP contribution >= 0.6 is 0 Å². The van der Waals surface area contributed by atoms with E-state index in [2.05, 4.69) is 4.99 Å². The van der Waals surface area contributed by atoms with Crippen LogP contribution in [-0.4, -0.2) is 18.7 Å². The van der Waals surface area contributed by atoms with Gasteiger partial charge in [0, 0.05) is 18.2 Å². The van der Waals surface area contributed by atoms with E-state index in [-0.39, 0.29) is 5.91 Å². The zero-order valence-corrected chi connectivity index (χ0v) is 10.6. The van der Waals surface area contributed by atoms with E-state index in [1.165, 1.54) is 6.54 Å². The molecule has 1 amide bonds. The van der Waals surface area contributed by atoms with Crippen molar-refractivity contribution in [2.45, 2.75) is 0 Å². The van der Waals surface area contributed by atoms with Gasteiger partial charge in [0.25, 0.3) is 5.91 Å². The number of benzene rings is 2. The number of aliphatic imine (C=N–C) groups is 1. The third kappa shape index (κ3) is 2.03. The molecule has 3 nitrogen and oxygen atoms in total. The van der Waals surface area contributed by atoms with E-state index in [1.807, 2.05) is 54.6 Å². The molecule has 1 aliphatic rings. The summed E-state index contributed by atoms with van der Waals surface area (Å²) in [5.41, 5.74) is 3.69. The molecule has 0 saturated carbocycles. The molecule has 2 aromatic carbocycles. The van der Waals surface area contributed by atoms with Gasteiger partial charge < -0.3 is 4.90 Å². The number of carbonyl (C=O) groups is 1. The van der Waals surface area contributed by atoms with E-state index >= 15 is 0 Å². The van der Waals surface area contributed by atoms with Gasteiger partial charge in [0.05, 0.1) is 11.4 Å². The molecule has 93 valence electrons. The highest BCUT2D eigenvalue weighted by Crippen LogP contribution is 2.26. The lowest BCUT2D eigenvalue weighted by Crippen LogP contribution is -2.25. The maximum Gasteiger partial charge on any atom is 0.254 e. The zero-order chi connectivity index (χ0) is 13.2. The van der Waals surface area contributed by atoms with E-state index in [0.717, 1.165) is 22.5 Å². The summed E-state index contributed by atoms with van der Waals surface area (Å²) < 4.78 is 0. The Labute approximate surface area is 112 Å². The number of hydrogen-bond acceptors (Lipinski definition) is 2. The second-order valence-corrected chi connectivity index (χ2v) is 4.39. The van der Waals surface area contributed by atoms with Crippen LogP contribution in [0.2, 0.25) is 0 Å². The standard InChI is InChI=1S/C16H13N2O/c1-18-14-10-6-5-9-13(14)16(17-11-15(18)19)12-7-3-2-4-8-12/h2-11H,1H3. The van der Waals surface area contributed by atoms with Gasteiger partial charge in [-0.1, -0.05) is 48.5 Å².